The monoisotopic (exact) mass is 443 g/mol. The van der Waals surface area contributed by atoms with Crippen molar-refractivity contribution in [3.05, 3.63) is 47.6 Å². The zero-order chi connectivity index (χ0) is 16.7. The molecule has 2 rings (SSSR count). The van der Waals surface area contributed by atoms with E-state index in [0.717, 1.165) is 19.0 Å². The number of hydrogen-bond donors (Lipinski definition) is 2. The second-order valence-electron chi connectivity index (χ2n) is 6.03. The van der Waals surface area contributed by atoms with Gasteiger partial charge in [0, 0.05) is 18.5 Å². The fourth-order valence-corrected chi connectivity index (χ4v) is 2.19. The SMILES string of the molecule is CCNC(=NCc1nc(C)no1)NCC(C)(C)c1ccccc1.I. The highest BCUT2D eigenvalue weighted by Crippen LogP contribution is 2.21. The normalized spacial score (nSPS) is 11.8. The molecule has 0 atom stereocenters. The molecule has 2 aromatic rings. The molecule has 0 saturated carbocycles. The highest BCUT2D eigenvalue weighted by molar-refractivity contribution is 14.0. The molecule has 24 heavy (non-hydrogen) atoms. The third kappa shape index (κ3) is 6.10. The lowest BCUT2D eigenvalue weighted by Gasteiger charge is -2.26. The molecule has 1 aromatic heterocycles. The average Bonchev–Trinajstić information content (AvgIpc) is 2.96. The van der Waals surface area contributed by atoms with Gasteiger partial charge in [0.25, 0.3) is 0 Å². The molecule has 1 aromatic carbocycles. The van der Waals surface area contributed by atoms with Gasteiger partial charge in [-0.3, -0.25) is 0 Å². The van der Waals surface area contributed by atoms with Crippen LogP contribution in [0.3, 0.4) is 0 Å². The van der Waals surface area contributed by atoms with Crippen LogP contribution in [0.15, 0.2) is 39.8 Å². The predicted octanol–water partition coefficient (Wildman–Crippen LogP) is 3.03. The number of benzene rings is 1. The molecule has 0 aliphatic carbocycles. The average molecular weight is 443 g/mol. The molecule has 0 radical (unpaired) electrons. The van der Waals surface area contributed by atoms with Gasteiger partial charge in [-0.2, -0.15) is 4.98 Å². The maximum Gasteiger partial charge on any atom is 0.248 e. The molecule has 0 aliphatic heterocycles. The predicted molar refractivity (Wildman–Crippen MR) is 107 cm³/mol. The summed E-state index contributed by atoms with van der Waals surface area (Å²) in [6.45, 7) is 10.2. The van der Waals surface area contributed by atoms with Crippen molar-refractivity contribution in [2.45, 2.75) is 39.7 Å². The van der Waals surface area contributed by atoms with Crippen molar-refractivity contribution in [1.29, 1.82) is 0 Å². The lowest BCUT2D eigenvalue weighted by atomic mass is 9.85. The third-order valence-electron chi connectivity index (χ3n) is 3.54. The standard InChI is InChI=1S/C17H25N5O.HI/c1-5-18-16(19-11-15-21-13(2)22-23-15)20-12-17(3,4)14-9-7-6-8-10-14;/h6-10H,5,11-12H2,1-4H3,(H2,18,19,20);1H. The Morgan fingerprint density at radius 2 is 1.92 bits per heavy atom. The molecule has 0 bridgehead atoms. The first-order chi connectivity index (χ1) is 11.0. The number of aliphatic imine (C=N–C) groups is 1. The van der Waals surface area contributed by atoms with Gasteiger partial charge in [0.1, 0.15) is 6.54 Å². The van der Waals surface area contributed by atoms with E-state index >= 15 is 0 Å². The molecular formula is C17H26IN5O. The van der Waals surface area contributed by atoms with E-state index in [0.29, 0.717) is 18.3 Å². The molecule has 0 amide bonds. The highest BCUT2D eigenvalue weighted by Gasteiger charge is 2.20. The largest absolute Gasteiger partial charge is 0.357 e. The Labute approximate surface area is 160 Å². The minimum absolute atomic E-state index is 0. The number of guanidine groups is 1. The van der Waals surface area contributed by atoms with Crippen LogP contribution in [0.5, 0.6) is 0 Å². The summed E-state index contributed by atoms with van der Waals surface area (Å²) in [7, 11) is 0. The number of halogens is 1. The van der Waals surface area contributed by atoms with Gasteiger partial charge in [-0.1, -0.05) is 49.3 Å². The van der Waals surface area contributed by atoms with E-state index in [1.54, 1.807) is 6.92 Å². The summed E-state index contributed by atoms with van der Waals surface area (Å²) >= 11 is 0. The maximum absolute atomic E-state index is 5.08. The van der Waals surface area contributed by atoms with Gasteiger partial charge in [0.15, 0.2) is 11.8 Å². The van der Waals surface area contributed by atoms with E-state index in [9.17, 15) is 0 Å². The molecule has 0 unspecified atom stereocenters. The fraction of sp³-hybridized carbons (Fsp3) is 0.471. The molecule has 6 nitrogen and oxygen atoms in total. The smallest absolute Gasteiger partial charge is 0.248 e. The molecule has 132 valence electrons. The van der Waals surface area contributed by atoms with E-state index in [-0.39, 0.29) is 29.4 Å². The van der Waals surface area contributed by atoms with Gasteiger partial charge in [-0.05, 0) is 19.4 Å². The van der Waals surface area contributed by atoms with E-state index in [1.165, 1.54) is 5.56 Å². The van der Waals surface area contributed by atoms with Gasteiger partial charge in [-0.15, -0.1) is 24.0 Å². The van der Waals surface area contributed by atoms with Crippen LogP contribution >= 0.6 is 24.0 Å². The van der Waals surface area contributed by atoms with Crippen molar-refractivity contribution in [1.82, 2.24) is 20.8 Å². The quantitative estimate of drug-likeness (QED) is 0.408. The van der Waals surface area contributed by atoms with E-state index in [1.807, 2.05) is 13.0 Å². The minimum Gasteiger partial charge on any atom is -0.357 e. The lowest BCUT2D eigenvalue weighted by molar-refractivity contribution is 0.376. The van der Waals surface area contributed by atoms with Crippen molar-refractivity contribution in [3.8, 4) is 0 Å². The van der Waals surface area contributed by atoms with Gasteiger partial charge < -0.3 is 15.2 Å². The van der Waals surface area contributed by atoms with E-state index < -0.39 is 0 Å². The first-order valence-electron chi connectivity index (χ1n) is 7.88. The van der Waals surface area contributed by atoms with Gasteiger partial charge in [0.2, 0.25) is 5.89 Å². The highest BCUT2D eigenvalue weighted by atomic mass is 127. The Morgan fingerprint density at radius 1 is 1.21 bits per heavy atom. The number of aryl methyl sites for hydroxylation is 1. The molecule has 2 N–H and O–H groups in total. The third-order valence-corrected chi connectivity index (χ3v) is 3.54. The van der Waals surface area contributed by atoms with Crippen molar-refractivity contribution >= 4 is 29.9 Å². The Hall–Kier alpha value is -1.64. The van der Waals surface area contributed by atoms with Crippen LogP contribution in [0.2, 0.25) is 0 Å². The van der Waals surface area contributed by atoms with Crippen LogP contribution in [-0.4, -0.2) is 29.2 Å². The molecule has 1 heterocycles. The van der Waals surface area contributed by atoms with Crippen LogP contribution in [0.25, 0.3) is 0 Å². The molecule has 0 aliphatic rings. The summed E-state index contributed by atoms with van der Waals surface area (Å²) in [4.78, 5) is 8.65. The van der Waals surface area contributed by atoms with Crippen molar-refractivity contribution in [2.24, 2.45) is 4.99 Å². The topological polar surface area (TPSA) is 75.3 Å². The van der Waals surface area contributed by atoms with Crippen LogP contribution in [0.1, 0.15) is 38.0 Å². The fourth-order valence-electron chi connectivity index (χ4n) is 2.19. The summed E-state index contributed by atoms with van der Waals surface area (Å²) in [6.07, 6.45) is 0. The van der Waals surface area contributed by atoms with Crippen LogP contribution in [-0.2, 0) is 12.0 Å². The van der Waals surface area contributed by atoms with Gasteiger partial charge >= 0.3 is 0 Å². The Balaban J connectivity index is 0.00000288. The molecular weight excluding hydrogens is 417 g/mol. The molecule has 0 fully saturated rings. The summed E-state index contributed by atoms with van der Waals surface area (Å²) in [5.41, 5.74) is 1.29. The second-order valence-corrected chi connectivity index (χ2v) is 6.03. The number of aromatic nitrogens is 2. The first-order valence-corrected chi connectivity index (χ1v) is 7.88. The number of hydrogen-bond acceptors (Lipinski definition) is 4. The van der Waals surface area contributed by atoms with Crippen molar-refractivity contribution in [3.63, 3.8) is 0 Å². The lowest BCUT2D eigenvalue weighted by Crippen LogP contribution is -2.43. The van der Waals surface area contributed by atoms with Crippen LogP contribution in [0.4, 0.5) is 0 Å². The summed E-state index contributed by atoms with van der Waals surface area (Å²) < 4.78 is 5.08. The zero-order valence-electron chi connectivity index (χ0n) is 14.7. The van der Waals surface area contributed by atoms with E-state index in [4.69, 9.17) is 4.52 Å². The minimum atomic E-state index is -0.00146. The number of nitrogens with one attached hydrogen (secondary N) is 2. The Bertz CT molecular complexity index is 639. The first kappa shape index (κ1) is 20.4. The molecule has 7 heteroatoms. The molecule has 0 spiro atoms. The molecule has 0 saturated heterocycles. The summed E-state index contributed by atoms with van der Waals surface area (Å²) in [6, 6.07) is 10.5. The van der Waals surface area contributed by atoms with Gasteiger partial charge in [0.05, 0.1) is 0 Å². The van der Waals surface area contributed by atoms with E-state index in [2.05, 4.69) is 63.9 Å². The van der Waals surface area contributed by atoms with Crippen molar-refractivity contribution in [2.75, 3.05) is 13.1 Å². The van der Waals surface area contributed by atoms with Crippen molar-refractivity contribution < 1.29 is 4.52 Å². The second kappa shape index (κ2) is 9.61. The summed E-state index contributed by atoms with van der Waals surface area (Å²) in [5.74, 6) is 1.88. The Morgan fingerprint density at radius 3 is 2.50 bits per heavy atom. The van der Waals surface area contributed by atoms with Gasteiger partial charge in [-0.25, -0.2) is 4.99 Å². The van der Waals surface area contributed by atoms with Crippen LogP contribution in [0, 0.1) is 6.92 Å². The zero-order valence-corrected chi connectivity index (χ0v) is 17.0. The maximum atomic E-state index is 5.08. The number of nitrogens with zero attached hydrogens (tertiary/aromatic N) is 3. The van der Waals surface area contributed by atoms with Crippen LogP contribution < -0.4 is 10.6 Å². The number of rotatable bonds is 6. The Kier molecular flexibility index (Phi) is 8.17. The summed E-state index contributed by atoms with van der Waals surface area (Å²) in [5, 5.41) is 10.4.